The average Bonchev–Trinajstić information content (AvgIpc) is 3.07. The molecule has 4 saturated heterocycles. The molecule has 1 atom stereocenters. The minimum Gasteiger partial charge on any atom is -0.497 e. The van der Waals surface area contributed by atoms with E-state index < -0.39 is 11.8 Å². The number of piperidine rings is 2. The van der Waals surface area contributed by atoms with Gasteiger partial charge in [0, 0.05) is 65.0 Å². The van der Waals surface area contributed by atoms with Crippen LogP contribution >= 0.6 is 25.7 Å². The van der Waals surface area contributed by atoms with Gasteiger partial charge in [-0.3, -0.25) is 9.59 Å². The van der Waals surface area contributed by atoms with Crippen LogP contribution in [0.25, 0.3) is 0 Å². The monoisotopic (exact) mass is 640 g/mol. The van der Waals surface area contributed by atoms with Crippen LogP contribution in [0.2, 0.25) is 0 Å². The van der Waals surface area contributed by atoms with Crippen LogP contribution in [0.15, 0.2) is 24.3 Å². The zero-order valence-electron chi connectivity index (χ0n) is 25.5. The summed E-state index contributed by atoms with van der Waals surface area (Å²) in [6, 6.07) is 7.36. The van der Waals surface area contributed by atoms with Gasteiger partial charge in [0.1, 0.15) is 23.5 Å². The molecule has 4 aliphatic heterocycles. The Bertz CT molecular complexity index is 1010. The summed E-state index contributed by atoms with van der Waals surface area (Å²) in [5.41, 5.74) is 2.61. The summed E-state index contributed by atoms with van der Waals surface area (Å²) in [5.74, 6) is 1.94. The van der Waals surface area contributed by atoms with Crippen LogP contribution in [-0.2, 0) is 23.4 Å². The highest BCUT2D eigenvalue weighted by atomic mass is 32.2. The molecule has 4 aliphatic rings. The van der Waals surface area contributed by atoms with Crippen LogP contribution in [0.4, 0.5) is 0 Å². The number of hydrogen-bond donors (Lipinski definition) is 1. The molecule has 0 saturated carbocycles. The normalized spacial score (nSPS) is 23.9. The third-order valence-corrected chi connectivity index (χ3v) is 10.2. The Kier molecular flexibility index (Phi) is 13.3. The Morgan fingerprint density at radius 1 is 0.953 bits per heavy atom. The van der Waals surface area contributed by atoms with Gasteiger partial charge in [-0.05, 0) is 87.5 Å². The van der Waals surface area contributed by atoms with Crippen molar-refractivity contribution in [1.29, 1.82) is 0 Å². The highest BCUT2D eigenvalue weighted by Crippen LogP contribution is 2.36. The third kappa shape index (κ3) is 8.78. The van der Waals surface area contributed by atoms with Crippen LogP contribution < -0.4 is 10.2 Å². The first-order valence-corrected chi connectivity index (χ1v) is 16.1. The average molecular weight is 641 g/mol. The molecule has 4 heterocycles. The van der Waals surface area contributed by atoms with E-state index in [4.69, 9.17) is 23.3 Å². The maximum atomic E-state index is 13.3. The van der Waals surface area contributed by atoms with Gasteiger partial charge in [0.05, 0.1) is 7.11 Å². The van der Waals surface area contributed by atoms with Crippen LogP contribution in [0.3, 0.4) is 0 Å². The minimum absolute atomic E-state index is 0. The number of likely N-dealkylation sites (N-methyl/N-ethyl adjacent to an activating group) is 1. The molecule has 43 heavy (non-hydrogen) atoms. The molecule has 1 N–H and O–H groups in total. The maximum absolute atomic E-state index is 13.3. The Morgan fingerprint density at radius 2 is 1.60 bits per heavy atom. The van der Waals surface area contributed by atoms with Crippen LogP contribution in [0.1, 0.15) is 68.1 Å². The van der Waals surface area contributed by atoms with E-state index in [1.54, 1.807) is 7.11 Å². The highest BCUT2D eigenvalue weighted by Gasteiger charge is 2.46. The van der Waals surface area contributed by atoms with E-state index in [9.17, 15) is 9.59 Å². The molecule has 0 aliphatic carbocycles. The van der Waals surface area contributed by atoms with Crippen molar-refractivity contribution in [3.8, 4) is 5.75 Å². The largest absolute Gasteiger partial charge is 0.497 e. The molecule has 1 aromatic carbocycles. The van der Waals surface area contributed by atoms with Gasteiger partial charge in [-0.2, -0.15) is 18.6 Å². The third-order valence-electron chi connectivity index (χ3n) is 9.35. The second kappa shape index (κ2) is 16.6. The maximum Gasteiger partial charge on any atom is 0.265 e. The van der Waals surface area contributed by atoms with Crippen LogP contribution in [-0.4, -0.2) is 98.1 Å². The summed E-state index contributed by atoms with van der Waals surface area (Å²) in [5, 5.41) is 2.01. The number of amides is 2. The van der Waals surface area contributed by atoms with Crippen molar-refractivity contribution in [3.05, 3.63) is 29.8 Å². The molecule has 1 unspecified atom stereocenters. The molecular weight excluding hydrogens is 592 g/mol. The van der Waals surface area contributed by atoms with Gasteiger partial charge in [-0.1, -0.05) is 0 Å². The molecule has 0 radical (unpaired) electrons. The molecule has 1 aromatic rings. The number of benzene rings is 1. The SMILES string of the molecule is COc1ccc(C(=O)N2CCC(C3CCN(OSN(C)C4(C(=O)NOC5CCCCO5)CCOCC4)CC3)CC2)cc1.S. The van der Waals surface area contributed by atoms with Crippen molar-refractivity contribution in [2.75, 3.05) is 60.2 Å². The van der Waals surface area contributed by atoms with Crippen molar-refractivity contribution < 1.29 is 32.9 Å². The topological polar surface area (TPSA) is 102 Å². The van der Waals surface area contributed by atoms with E-state index in [2.05, 4.69) is 5.48 Å². The lowest BCUT2D eigenvalue weighted by Gasteiger charge is -2.42. The number of carbonyl (C=O) groups is 2. The summed E-state index contributed by atoms with van der Waals surface area (Å²) < 4.78 is 24.4. The lowest BCUT2D eigenvalue weighted by atomic mass is 9.79. The molecule has 4 fully saturated rings. The first kappa shape index (κ1) is 34.3. The lowest BCUT2D eigenvalue weighted by Crippen LogP contribution is -2.58. The van der Waals surface area contributed by atoms with Gasteiger partial charge in [-0.25, -0.2) is 18.9 Å². The van der Waals surface area contributed by atoms with E-state index in [0.29, 0.717) is 50.1 Å². The molecule has 0 aromatic heterocycles. The predicted octanol–water partition coefficient (Wildman–Crippen LogP) is 3.92. The number of rotatable bonds is 10. The van der Waals surface area contributed by atoms with Crippen molar-refractivity contribution in [1.82, 2.24) is 19.7 Å². The van der Waals surface area contributed by atoms with E-state index in [1.807, 2.05) is 45.6 Å². The first-order valence-electron chi connectivity index (χ1n) is 15.4. The molecule has 11 nitrogen and oxygen atoms in total. The summed E-state index contributed by atoms with van der Waals surface area (Å²) in [6.45, 7) is 4.97. The molecule has 2 amide bonds. The van der Waals surface area contributed by atoms with Crippen LogP contribution in [0.5, 0.6) is 5.75 Å². The second-order valence-electron chi connectivity index (χ2n) is 11.8. The van der Waals surface area contributed by atoms with E-state index in [-0.39, 0.29) is 25.3 Å². The highest BCUT2D eigenvalue weighted by molar-refractivity contribution is 7.92. The summed E-state index contributed by atoms with van der Waals surface area (Å²) in [7, 11) is 3.53. The van der Waals surface area contributed by atoms with Gasteiger partial charge in [-0.15, -0.1) is 0 Å². The van der Waals surface area contributed by atoms with Gasteiger partial charge < -0.3 is 19.1 Å². The Hall–Kier alpha value is -1.58. The molecule has 13 heteroatoms. The minimum atomic E-state index is -0.785. The summed E-state index contributed by atoms with van der Waals surface area (Å²) >= 11 is 1.22. The van der Waals surface area contributed by atoms with E-state index in [1.165, 1.54) is 12.2 Å². The fourth-order valence-electron chi connectivity index (χ4n) is 6.49. The smallest absolute Gasteiger partial charge is 0.265 e. The number of nitrogens with one attached hydrogen (secondary N) is 1. The Morgan fingerprint density at radius 3 is 2.21 bits per heavy atom. The van der Waals surface area contributed by atoms with Crippen molar-refractivity contribution in [3.63, 3.8) is 0 Å². The van der Waals surface area contributed by atoms with Gasteiger partial charge >= 0.3 is 0 Å². The van der Waals surface area contributed by atoms with Crippen molar-refractivity contribution >= 4 is 37.5 Å². The first-order chi connectivity index (χ1) is 20.5. The Labute approximate surface area is 266 Å². The van der Waals surface area contributed by atoms with E-state index in [0.717, 1.165) is 76.9 Å². The van der Waals surface area contributed by atoms with Crippen LogP contribution in [0, 0.1) is 11.8 Å². The lowest BCUT2D eigenvalue weighted by molar-refractivity contribution is -0.205. The number of ether oxygens (including phenoxy) is 3. The summed E-state index contributed by atoms with van der Waals surface area (Å²) in [4.78, 5) is 33.9. The fourth-order valence-corrected chi connectivity index (χ4v) is 7.24. The number of hydroxylamine groups is 3. The standard InChI is InChI=1S/C30H46N4O7S.H2S/c1-32(30(14-21-38-22-15-30)29(36)31-40-27-5-3-4-20-39-27)42-41-34-18-12-24(13-19-34)23-10-16-33(17-11-23)28(35)25-6-8-26(37-2)9-7-25;/h6-9,23-24,27H,3-5,10-22H2,1-2H3,(H,31,36);1H2. The molecule has 5 rings (SSSR count). The van der Waals surface area contributed by atoms with Crippen molar-refractivity contribution in [2.24, 2.45) is 11.8 Å². The zero-order valence-corrected chi connectivity index (χ0v) is 27.3. The quantitative estimate of drug-likeness (QED) is 0.230. The zero-order chi connectivity index (χ0) is 29.4. The predicted molar refractivity (Wildman–Crippen MR) is 168 cm³/mol. The van der Waals surface area contributed by atoms with Gasteiger partial charge in [0.2, 0.25) is 0 Å². The molecular formula is C30H48N4O7S2. The Balaban J connectivity index is 0.00000423. The fraction of sp³-hybridized carbons (Fsp3) is 0.733. The number of carbonyl (C=O) groups excluding carboxylic acids is 2. The summed E-state index contributed by atoms with van der Waals surface area (Å²) in [6.07, 6.45) is 7.77. The van der Waals surface area contributed by atoms with Gasteiger partial charge in [0.15, 0.2) is 6.29 Å². The molecule has 242 valence electrons. The number of nitrogens with zero attached hydrogens (tertiary/aromatic N) is 3. The van der Waals surface area contributed by atoms with Gasteiger partial charge in [0.25, 0.3) is 11.8 Å². The van der Waals surface area contributed by atoms with E-state index >= 15 is 0 Å². The number of hydrogen-bond acceptors (Lipinski definition) is 10. The molecule has 0 spiro atoms. The number of methoxy groups -OCH3 is 1. The second-order valence-corrected chi connectivity index (χ2v) is 12.6. The van der Waals surface area contributed by atoms with Crippen molar-refractivity contribution in [2.45, 2.75) is 69.6 Å². The molecule has 0 bridgehead atoms. The number of likely N-dealkylation sites (tertiary alicyclic amines) is 1.